The van der Waals surface area contributed by atoms with Gasteiger partial charge in [0.25, 0.3) is 0 Å². The molecule has 0 spiro atoms. The lowest BCUT2D eigenvalue weighted by molar-refractivity contribution is -0.145. The molecule has 1 N–H and O–H groups in total. The van der Waals surface area contributed by atoms with Gasteiger partial charge >= 0.3 is 5.97 Å². The first-order valence-electron chi connectivity index (χ1n) is 18.8. The van der Waals surface area contributed by atoms with Crippen LogP contribution >= 0.6 is 0 Å². The van der Waals surface area contributed by atoms with Gasteiger partial charge in [0.15, 0.2) is 5.78 Å². The number of allylic oxidation sites excluding steroid dienone is 4. The summed E-state index contributed by atoms with van der Waals surface area (Å²) in [5.74, 6) is -1.29. The largest absolute Gasteiger partial charge is 0.480 e. The molecule has 44 heavy (non-hydrogen) atoms. The minimum Gasteiger partial charge on any atom is -0.480 e. The lowest BCUT2D eigenvalue weighted by atomic mass is 10.1. The average molecular weight is 618 g/mol. The smallest absolute Gasteiger partial charge is 0.323 e. The first kappa shape index (κ1) is 42.1. The molecule has 0 saturated heterocycles. The lowest BCUT2D eigenvalue weighted by Crippen LogP contribution is -2.39. The second-order valence-electron chi connectivity index (χ2n) is 12.9. The van der Waals surface area contributed by atoms with Crippen LogP contribution in [-0.4, -0.2) is 40.8 Å². The van der Waals surface area contributed by atoms with Gasteiger partial charge in [0.2, 0.25) is 5.91 Å². The summed E-state index contributed by atoms with van der Waals surface area (Å²) in [5, 5.41) is 9.25. The number of carbonyl (C=O) groups is 3. The molecule has 0 aliphatic carbocycles. The van der Waals surface area contributed by atoms with E-state index in [9.17, 15) is 19.5 Å². The predicted molar refractivity (Wildman–Crippen MR) is 188 cm³/mol. The van der Waals surface area contributed by atoms with Crippen LogP contribution in [0.1, 0.15) is 194 Å². The summed E-state index contributed by atoms with van der Waals surface area (Å²) in [6.07, 6.45) is 41.3. The molecule has 0 unspecified atom stereocenters. The van der Waals surface area contributed by atoms with E-state index in [1.165, 1.54) is 114 Å². The van der Waals surface area contributed by atoms with Crippen LogP contribution < -0.4 is 0 Å². The maximum Gasteiger partial charge on any atom is 0.323 e. The molecular weight excluding hydrogens is 546 g/mol. The van der Waals surface area contributed by atoms with Crippen molar-refractivity contribution in [2.75, 3.05) is 13.1 Å². The second-order valence-corrected chi connectivity index (χ2v) is 12.9. The van der Waals surface area contributed by atoms with Crippen LogP contribution in [0.2, 0.25) is 0 Å². The van der Waals surface area contributed by atoms with E-state index >= 15 is 0 Å². The molecule has 0 aromatic carbocycles. The molecule has 0 saturated carbocycles. The molecule has 0 rings (SSSR count). The van der Waals surface area contributed by atoms with E-state index in [1.807, 2.05) is 0 Å². The van der Waals surface area contributed by atoms with Crippen LogP contribution in [0.15, 0.2) is 24.3 Å². The van der Waals surface area contributed by atoms with Crippen molar-refractivity contribution in [3.8, 4) is 0 Å². The van der Waals surface area contributed by atoms with Gasteiger partial charge in [-0.3, -0.25) is 14.4 Å². The van der Waals surface area contributed by atoms with Gasteiger partial charge in [-0.1, -0.05) is 141 Å². The summed E-state index contributed by atoms with van der Waals surface area (Å²) in [4.78, 5) is 37.7. The minimum absolute atomic E-state index is 0.0261. The van der Waals surface area contributed by atoms with E-state index in [0.717, 1.165) is 57.8 Å². The summed E-state index contributed by atoms with van der Waals surface area (Å²) in [6, 6.07) is 0. The number of nitrogens with zero attached hydrogens (tertiary/aromatic N) is 1. The number of hydrogen-bond acceptors (Lipinski definition) is 3. The van der Waals surface area contributed by atoms with Crippen molar-refractivity contribution >= 4 is 17.7 Å². The summed E-state index contributed by atoms with van der Waals surface area (Å²) in [6.45, 7) is 4.05. The van der Waals surface area contributed by atoms with Gasteiger partial charge in [-0.25, -0.2) is 0 Å². The summed E-state index contributed by atoms with van der Waals surface area (Å²) >= 11 is 0. The van der Waals surface area contributed by atoms with E-state index < -0.39 is 5.97 Å². The molecule has 0 heterocycles. The molecule has 256 valence electrons. The Morgan fingerprint density at radius 1 is 0.455 bits per heavy atom. The fourth-order valence-corrected chi connectivity index (χ4v) is 5.59. The number of unbranched alkanes of at least 4 members (excludes halogenated alkanes) is 22. The molecule has 0 radical (unpaired) electrons. The lowest BCUT2D eigenvalue weighted by Gasteiger charge is -2.20. The quantitative estimate of drug-likeness (QED) is 0.0576. The van der Waals surface area contributed by atoms with Crippen molar-refractivity contribution in [1.82, 2.24) is 4.90 Å². The van der Waals surface area contributed by atoms with Crippen molar-refractivity contribution in [3.63, 3.8) is 0 Å². The zero-order valence-corrected chi connectivity index (χ0v) is 29.1. The number of aliphatic carboxylic acids is 1. The third-order valence-corrected chi connectivity index (χ3v) is 8.42. The number of ketones is 1. The predicted octanol–water partition coefficient (Wildman–Crippen LogP) is 11.5. The Hall–Kier alpha value is -1.91. The van der Waals surface area contributed by atoms with E-state index in [1.54, 1.807) is 0 Å². The van der Waals surface area contributed by atoms with Crippen molar-refractivity contribution in [1.29, 1.82) is 0 Å². The molecular formula is C39H71NO4. The monoisotopic (exact) mass is 618 g/mol. The highest BCUT2D eigenvalue weighted by Gasteiger charge is 2.19. The Morgan fingerprint density at radius 3 is 1.18 bits per heavy atom. The molecule has 0 aromatic rings. The molecule has 0 bridgehead atoms. The maximum atomic E-state index is 12.7. The Labute approximate surface area is 272 Å². The van der Waals surface area contributed by atoms with Gasteiger partial charge in [0.05, 0.1) is 6.54 Å². The van der Waals surface area contributed by atoms with Crippen LogP contribution in [0.25, 0.3) is 0 Å². The zero-order valence-electron chi connectivity index (χ0n) is 29.1. The van der Waals surface area contributed by atoms with Gasteiger partial charge in [0.1, 0.15) is 6.54 Å². The van der Waals surface area contributed by atoms with Gasteiger partial charge in [-0.2, -0.15) is 0 Å². The number of hydrogen-bond donors (Lipinski definition) is 1. The summed E-state index contributed by atoms with van der Waals surface area (Å²) in [5.41, 5.74) is 0. The highest BCUT2D eigenvalue weighted by atomic mass is 16.4. The van der Waals surface area contributed by atoms with Gasteiger partial charge in [-0.05, 0) is 64.2 Å². The van der Waals surface area contributed by atoms with E-state index in [0.29, 0.717) is 12.8 Å². The van der Waals surface area contributed by atoms with E-state index in [-0.39, 0.29) is 24.8 Å². The average Bonchev–Trinajstić information content (AvgIpc) is 3.00. The molecule has 0 atom stereocenters. The van der Waals surface area contributed by atoms with Gasteiger partial charge in [-0.15, -0.1) is 0 Å². The van der Waals surface area contributed by atoms with Crippen molar-refractivity contribution in [2.24, 2.45) is 0 Å². The zero-order chi connectivity index (χ0) is 32.4. The first-order valence-corrected chi connectivity index (χ1v) is 18.8. The molecule has 0 fully saturated rings. The Balaban J connectivity index is 3.83. The van der Waals surface area contributed by atoms with Gasteiger partial charge < -0.3 is 10.0 Å². The Kier molecular flexibility index (Phi) is 32.5. The van der Waals surface area contributed by atoms with Gasteiger partial charge in [0, 0.05) is 12.8 Å². The Morgan fingerprint density at radius 2 is 0.795 bits per heavy atom. The molecule has 5 nitrogen and oxygen atoms in total. The fraction of sp³-hybridized carbons (Fsp3) is 0.821. The van der Waals surface area contributed by atoms with Crippen LogP contribution in [0, 0.1) is 0 Å². The third kappa shape index (κ3) is 31.5. The SMILES string of the molecule is CCCCCCCCC=CCCCCCCCC(=O)CN(CC(=O)O)C(=O)CCCCCCCC=CCCCCCCCC. The van der Waals surface area contributed by atoms with Crippen LogP contribution in [-0.2, 0) is 14.4 Å². The number of rotatable bonds is 34. The Bertz CT molecular complexity index is 730. The molecule has 1 amide bonds. The molecule has 0 aromatic heterocycles. The van der Waals surface area contributed by atoms with Crippen molar-refractivity contribution < 1.29 is 19.5 Å². The van der Waals surface area contributed by atoms with E-state index in [2.05, 4.69) is 38.2 Å². The maximum absolute atomic E-state index is 12.7. The molecule has 0 aliphatic rings. The number of carboxylic acids is 1. The standard InChI is InChI=1S/C39H71NO4/c1-3-5-7-9-11-13-15-17-19-21-23-25-27-29-31-33-37(41)35-40(36-39(43)44)38(42)34-32-30-28-26-24-22-20-18-16-14-12-10-8-6-4-2/h17-20H,3-16,21-36H2,1-2H3,(H,43,44). The highest BCUT2D eigenvalue weighted by molar-refractivity contribution is 5.88. The van der Waals surface area contributed by atoms with Crippen LogP contribution in [0.4, 0.5) is 0 Å². The second kappa shape index (κ2) is 34.0. The molecule has 0 aliphatic heterocycles. The van der Waals surface area contributed by atoms with Crippen LogP contribution in [0.5, 0.6) is 0 Å². The van der Waals surface area contributed by atoms with Crippen molar-refractivity contribution in [3.05, 3.63) is 24.3 Å². The number of carbonyl (C=O) groups excluding carboxylic acids is 2. The normalized spacial score (nSPS) is 11.6. The topological polar surface area (TPSA) is 74.7 Å². The first-order chi connectivity index (χ1) is 21.5. The highest BCUT2D eigenvalue weighted by Crippen LogP contribution is 2.13. The number of carboxylic acid groups (broad SMARTS) is 1. The summed E-state index contributed by atoms with van der Waals surface area (Å²) < 4.78 is 0. The minimum atomic E-state index is -1.06. The third-order valence-electron chi connectivity index (χ3n) is 8.42. The number of amides is 1. The van der Waals surface area contributed by atoms with Crippen molar-refractivity contribution in [2.45, 2.75) is 194 Å². The summed E-state index contributed by atoms with van der Waals surface area (Å²) in [7, 11) is 0. The fourth-order valence-electron chi connectivity index (χ4n) is 5.59. The number of Topliss-reactive ketones (excluding diaryl/α,β-unsaturated/α-hetero) is 1. The van der Waals surface area contributed by atoms with E-state index in [4.69, 9.17) is 0 Å². The van der Waals surface area contributed by atoms with Crippen LogP contribution in [0.3, 0.4) is 0 Å². The molecule has 5 heteroatoms.